The molecule has 2 aliphatic heterocycles. The van der Waals surface area contributed by atoms with Gasteiger partial charge in [-0.15, -0.1) is 0 Å². The zero-order valence-corrected chi connectivity index (χ0v) is 16.5. The zero-order chi connectivity index (χ0) is 18.5. The van der Waals surface area contributed by atoms with Crippen molar-refractivity contribution < 1.29 is 4.42 Å². The smallest absolute Gasteiger partial charge is 0.336 e. The molecule has 2 aliphatic rings. The van der Waals surface area contributed by atoms with Crippen molar-refractivity contribution in [2.24, 2.45) is 5.41 Å². The minimum absolute atomic E-state index is 0.237. The summed E-state index contributed by atoms with van der Waals surface area (Å²) in [5.41, 5.74) is 4.60. The number of rotatable bonds is 3. The van der Waals surface area contributed by atoms with E-state index in [1.165, 1.54) is 37.1 Å². The van der Waals surface area contributed by atoms with Gasteiger partial charge < -0.3 is 9.32 Å². The molecule has 4 heteroatoms. The van der Waals surface area contributed by atoms with E-state index in [0.29, 0.717) is 11.3 Å². The summed E-state index contributed by atoms with van der Waals surface area (Å²) in [6.45, 7) is 12.1. The Balaban J connectivity index is 1.66. The molecule has 0 amide bonds. The van der Waals surface area contributed by atoms with Gasteiger partial charge in [0.2, 0.25) is 0 Å². The van der Waals surface area contributed by atoms with Crippen LogP contribution < -0.4 is 5.63 Å². The molecule has 140 valence electrons. The molecule has 2 aromatic rings. The number of hydrogen-bond donors (Lipinski definition) is 0. The predicted octanol–water partition coefficient (Wildman–Crippen LogP) is 3.75. The quantitative estimate of drug-likeness (QED) is 0.787. The number of aryl methyl sites for hydroxylation is 1. The summed E-state index contributed by atoms with van der Waals surface area (Å²) < 4.78 is 5.51. The highest BCUT2D eigenvalue weighted by atomic mass is 16.4. The van der Waals surface area contributed by atoms with Gasteiger partial charge >= 0.3 is 5.63 Å². The first-order valence-electron chi connectivity index (χ1n) is 9.83. The van der Waals surface area contributed by atoms with Gasteiger partial charge in [0.05, 0.1) is 0 Å². The molecular weight excluding hydrogens is 324 g/mol. The first-order chi connectivity index (χ1) is 12.3. The molecule has 0 saturated carbocycles. The Hall–Kier alpha value is -1.65. The molecule has 2 fully saturated rings. The molecule has 0 radical (unpaired) electrons. The van der Waals surface area contributed by atoms with Crippen LogP contribution in [0.25, 0.3) is 11.0 Å². The fraction of sp³-hybridized carbons (Fsp3) is 0.591. The minimum atomic E-state index is -0.237. The van der Waals surface area contributed by atoms with Gasteiger partial charge in [-0.1, -0.05) is 13.8 Å². The van der Waals surface area contributed by atoms with Gasteiger partial charge in [0.15, 0.2) is 0 Å². The lowest BCUT2D eigenvalue weighted by molar-refractivity contribution is 0.251. The lowest BCUT2D eigenvalue weighted by Gasteiger charge is -2.24. The third kappa shape index (κ3) is 3.21. The Morgan fingerprint density at radius 2 is 1.92 bits per heavy atom. The monoisotopic (exact) mass is 354 g/mol. The molecule has 1 aromatic heterocycles. The Kier molecular flexibility index (Phi) is 4.44. The van der Waals surface area contributed by atoms with Crippen LogP contribution in [0, 0.1) is 12.3 Å². The molecule has 3 heterocycles. The molecule has 0 N–H and O–H groups in total. The second-order valence-electron chi connectivity index (χ2n) is 8.90. The summed E-state index contributed by atoms with van der Waals surface area (Å²) in [7, 11) is 2.23. The number of likely N-dealkylation sites (tertiary alicyclic amines) is 2. The van der Waals surface area contributed by atoms with E-state index >= 15 is 0 Å². The normalized spacial score (nSPS) is 24.5. The SMILES string of the molecule is Cc1cc2oc(=O)cc(CN3CCC4(CCN(C)C4)C3)c2cc1C(C)C. The molecule has 1 unspecified atom stereocenters. The van der Waals surface area contributed by atoms with Crippen molar-refractivity contribution >= 4 is 11.0 Å². The van der Waals surface area contributed by atoms with Crippen LogP contribution in [0.15, 0.2) is 27.4 Å². The standard InChI is InChI=1S/C22H30N2O2/c1-15(2)18-11-19-17(10-21(25)26-20(19)9-16(18)3)12-24-8-6-22(14-24)5-7-23(4)13-22/h9-11,15H,5-8,12-14H2,1-4H3. The average molecular weight is 354 g/mol. The van der Waals surface area contributed by atoms with E-state index in [9.17, 15) is 4.79 Å². The largest absolute Gasteiger partial charge is 0.423 e. The summed E-state index contributed by atoms with van der Waals surface area (Å²) in [5, 5.41) is 1.10. The highest BCUT2D eigenvalue weighted by Gasteiger charge is 2.42. The molecule has 0 bridgehead atoms. The maximum absolute atomic E-state index is 12.1. The molecular formula is C22H30N2O2. The second kappa shape index (κ2) is 6.50. The van der Waals surface area contributed by atoms with Crippen LogP contribution >= 0.6 is 0 Å². The third-order valence-corrected chi connectivity index (χ3v) is 6.38. The Morgan fingerprint density at radius 3 is 2.62 bits per heavy atom. The van der Waals surface area contributed by atoms with Gasteiger partial charge in [-0.2, -0.15) is 0 Å². The van der Waals surface area contributed by atoms with Crippen molar-refractivity contribution in [3.63, 3.8) is 0 Å². The van der Waals surface area contributed by atoms with E-state index in [1.807, 2.05) is 6.07 Å². The lowest BCUT2D eigenvalue weighted by atomic mass is 9.86. The molecule has 4 rings (SSSR count). The van der Waals surface area contributed by atoms with E-state index in [1.54, 1.807) is 6.07 Å². The van der Waals surface area contributed by atoms with Crippen LogP contribution in [0.3, 0.4) is 0 Å². The van der Waals surface area contributed by atoms with Crippen LogP contribution in [0.1, 0.15) is 49.3 Å². The summed E-state index contributed by atoms with van der Waals surface area (Å²) in [5.74, 6) is 0.461. The van der Waals surface area contributed by atoms with Gasteiger partial charge in [-0.05, 0) is 80.1 Å². The minimum Gasteiger partial charge on any atom is -0.423 e. The maximum Gasteiger partial charge on any atom is 0.336 e. The zero-order valence-electron chi connectivity index (χ0n) is 16.5. The van der Waals surface area contributed by atoms with Crippen LogP contribution in [-0.4, -0.2) is 43.0 Å². The van der Waals surface area contributed by atoms with Crippen molar-refractivity contribution in [2.75, 3.05) is 33.2 Å². The topological polar surface area (TPSA) is 36.7 Å². The fourth-order valence-corrected chi connectivity index (χ4v) is 5.04. The van der Waals surface area contributed by atoms with E-state index in [-0.39, 0.29) is 5.63 Å². The van der Waals surface area contributed by atoms with Gasteiger partial charge in [0, 0.05) is 31.1 Å². The molecule has 4 nitrogen and oxygen atoms in total. The number of hydrogen-bond acceptors (Lipinski definition) is 4. The molecule has 26 heavy (non-hydrogen) atoms. The van der Waals surface area contributed by atoms with Crippen LogP contribution in [-0.2, 0) is 6.54 Å². The summed E-state index contributed by atoms with van der Waals surface area (Å²) >= 11 is 0. The Labute approximate surface area is 155 Å². The first kappa shape index (κ1) is 17.7. The second-order valence-corrected chi connectivity index (χ2v) is 8.90. The Morgan fingerprint density at radius 1 is 1.15 bits per heavy atom. The van der Waals surface area contributed by atoms with E-state index in [2.05, 4.69) is 43.7 Å². The molecule has 2 saturated heterocycles. The molecule has 1 atom stereocenters. The predicted molar refractivity (Wildman–Crippen MR) is 106 cm³/mol. The molecule has 1 aromatic carbocycles. The number of nitrogens with zero attached hydrogens (tertiary/aromatic N) is 2. The molecule has 1 spiro atoms. The number of fused-ring (bicyclic) bond motifs is 1. The van der Waals surface area contributed by atoms with Gasteiger partial charge in [-0.25, -0.2) is 4.79 Å². The highest BCUT2D eigenvalue weighted by molar-refractivity contribution is 5.82. The van der Waals surface area contributed by atoms with Crippen molar-refractivity contribution in [1.82, 2.24) is 9.80 Å². The first-order valence-corrected chi connectivity index (χ1v) is 9.83. The lowest BCUT2D eigenvalue weighted by Crippen LogP contribution is -2.29. The Bertz CT molecular complexity index is 886. The summed E-state index contributed by atoms with van der Waals surface area (Å²) in [6, 6.07) is 5.98. The van der Waals surface area contributed by atoms with Crippen molar-refractivity contribution in [1.29, 1.82) is 0 Å². The van der Waals surface area contributed by atoms with E-state index < -0.39 is 0 Å². The van der Waals surface area contributed by atoms with Crippen molar-refractivity contribution in [2.45, 2.75) is 46.1 Å². The van der Waals surface area contributed by atoms with Crippen molar-refractivity contribution in [3.05, 3.63) is 45.3 Å². The van der Waals surface area contributed by atoms with E-state index in [4.69, 9.17) is 4.42 Å². The summed E-state index contributed by atoms with van der Waals surface area (Å²) in [4.78, 5) is 17.1. The van der Waals surface area contributed by atoms with Gasteiger partial charge in [0.25, 0.3) is 0 Å². The van der Waals surface area contributed by atoms with Crippen LogP contribution in [0.4, 0.5) is 0 Å². The van der Waals surface area contributed by atoms with Crippen LogP contribution in [0.5, 0.6) is 0 Å². The van der Waals surface area contributed by atoms with Gasteiger partial charge in [-0.3, -0.25) is 4.90 Å². The maximum atomic E-state index is 12.1. The summed E-state index contributed by atoms with van der Waals surface area (Å²) in [6.07, 6.45) is 2.57. The highest BCUT2D eigenvalue weighted by Crippen LogP contribution is 2.39. The fourth-order valence-electron chi connectivity index (χ4n) is 5.04. The van der Waals surface area contributed by atoms with Gasteiger partial charge in [0.1, 0.15) is 5.58 Å². The average Bonchev–Trinajstić information content (AvgIpc) is 3.12. The molecule has 0 aliphatic carbocycles. The van der Waals surface area contributed by atoms with Crippen molar-refractivity contribution in [3.8, 4) is 0 Å². The van der Waals surface area contributed by atoms with E-state index in [0.717, 1.165) is 36.2 Å². The number of benzene rings is 1. The van der Waals surface area contributed by atoms with Crippen LogP contribution in [0.2, 0.25) is 0 Å². The third-order valence-electron chi connectivity index (χ3n) is 6.38.